The Balaban J connectivity index is 1.76. The standard InChI is InChI=1S/C30H27ClN2O4S/c1-15(2)20-14-21(17(4)12-23(20)37-5)27(34)25-26(18-8-6-7-16(3)11-18)33(29(36)28(25)35)30-32-22-10-9-19(31)13-24(22)38-30/h6-15,26,34H,1-5H3/b27-25+. The fraction of sp³-hybridized carbons (Fsp3) is 0.233. The highest BCUT2D eigenvalue weighted by atomic mass is 35.5. The minimum atomic E-state index is -0.852. The number of carbonyl (C=O) groups is 2. The number of rotatable bonds is 5. The van der Waals surface area contributed by atoms with Crippen molar-refractivity contribution in [1.82, 2.24) is 4.98 Å². The van der Waals surface area contributed by atoms with E-state index in [1.165, 1.54) is 16.2 Å². The van der Waals surface area contributed by atoms with Crippen LogP contribution in [-0.2, 0) is 9.59 Å². The topological polar surface area (TPSA) is 79.7 Å². The van der Waals surface area contributed by atoms with Gasteiger partial charge in [0.15, 0.2) is 5.13 Å². The maximum atomic E-state index is 13.6. The summed E-state index contributed by atoms with van der Waals surface area (Å²) in [5.74, 6) is -0.894. The maximum absolute atomic E-state index is 13.6. The van der Waals surface area contributed by atoms with Gasteiger partial charge in [0.25, 0.3) is 5.78 Å². The van der Waals surface area contributed by atoms with Crippen molar-refractivity contribution in [2.75, 3.05) is 12.0 Å². The molecular formula is C30H27ClN2O4S. The summed E-state index contributed by atoms with van der Waals surface area (Å²) in [6, 6.07) is 15.7. The van der Waals surface area contributed by atoms with Crippen LogP contribution in [0.3, 0.4) is 0 Å². The second-order valence-corrected chi connectivity index (χ2v) is 11.2. The molecule has 0 aliphatic carbocycles. The largest absolute Gasteiger partial charge is 0.507 e. The van der Waals surface area contributed by atoms with Gasteiger partial charge in [0, 0.05) is 10.6 Å². The minimum Gasteiger partial charge on any atom is -0.507 e. The van der Waals surface area contributed by atoms with Crippen molar-refractivity contribution in [3.63, 3.8) is 0 Å². The molecule has 1 amide bonds. The second kappa shape index (κ2) is 9.89. The van der Waals surface area contributed by atoms with Crippen LogP contribution >= 0.6 is 22.9 Å². The number of ketones is 1. The minimum absolute atomic E-state index is 0.0286. The van der Waals surface area contributed by atoms with E-state index in [1.54, 1.807) is 25.3 Å². The Bertz CT molecular complexity index is 1640. The van der Waals surface area contributed by atoms with Crippen LogP contribution < -0.4 is 9.64 Å². The normalized spacial score (nSPS) is 17.1. The predicted molar refractivity (Wildman–Crippen MR) is 152 cm³/mol. The number of nitrogens with zero attached hydrogens (tertiary/aromatic N) is 2. The highest BCUT2D eigenvalue weighted by molar-refractivity contribution is 7.22. The van der Waals surface area contributed by atoms with Crippen LogP contribution in [-0.4, -0.2) is 28.9 Å². The molecule has 1 unspecified atom stereocenters. The van der Waals surface area contributed by atoms with E-state index in [0.717, 1.165) is 21.4 Å². The summed E-state index contributed by atoms with van der Waals surface area (Å²) >= 11 is 7.46. The van der Waals surface area contributed by atoms with E-state index >= 15 is 0 Å². The van der Waals surface area contributed by atoms with Gasteiger partial charge in [-0.05, 0) is 66.8 Å². The Morgan fingerprint density at radius 3 is 2.55 bits per heavy atom. The molecule has 1 aliphatic heterocycles. The fourth-order valence-corrected chi connectivity index (χ4v) is 6.17. The Kier molecular flexibility index (Phi) is 6.75. The molecule has 1 N–H and O–H groups in total. The first-order valence-electron chi connectivity index (χ1n) is 12.2. The van der Waals surface area contributed by atoms with Crippen molar-refractivity contribution >= 4 is 55.7 Å². The predicted octanol–water partition coefficient (Wildman–Crippen LogP) is 7.32. The zero-order chi connectivity index (χ0) is 27.3. The Labute approximate surface area is 230 Å². The number of amides is 1. The van der Waals surface area contributed by atoms with E-state index in [4.69, 9.17) is 16.3 Å². The molecule has 1 saturated heterocycles. The Morgan fingerprint density at radius 1 is 1.11 bits per heavy atom. The zero-order valence-corrected chi connectivity index (χ0v) is 23.3. The monoisotopic (exact) mass is 546 g/mol. The SMILES string of the molecule is COc1cc(C)c(/C(O)=C2\C(=O)C(=O)N(c3nc4ccc(Cl)cc4s3)C2c2cccc(C)c2)cc1C(C)C. The van der Waals surface area contributed by atoms with Crippen molar-refractivity contribution in [2.24, 2.45) is 0 Å². The Hall–Kier alpha value is -3.68. The molecule has 2 heterocycles. The number of ether oxygens (including phenoxy) is 1. The summed E-state index contributed by atoms with van der Waals surface area (Å²) in [6.07, 6.45) is 0. The van der Waals surface area contributed by atoms with Crippen LogP contribution in [0, 0.1) is 13.8 Å². The number of aromatic nitrogens is 1. The number of aliphatic hydroxyl groups is 1. The van der Waals surface area contributed by atoms with Crippen molar-refractivity contribution in [3.05, 3.63) is 93.0 Å². The summed E-state index contributed by atoms with van der Waals surface area (Å²) in [4.78, 5) is 33.2. The molecule has 1 aromatic heterocycles. The molecular weight excluding hydrogens is 520 g/mol. The van der Waals surface area contributed by atoms with Gasteiger partial charge in [-0.1, -0.05) is 66.6 Å². The van der Waals surface area contributed by atoms with Gasteiger partial charge in [0.2, 0.25) is 0 Å². The lowest BCUT2D eigenvalue weighted by Crippen LogP contribution is -2.29. The van der Waals surface area contributed by atoms with Gasteiger partial charge < -0.3 is 9.84 Å². The zero-order valence-electron chi connectivity index (χ0n) is 21.7. The second-order valence-electron chi connectivity index (χ2n) is 9.76. The summed E-state index contributed by atoms with van der Waals surface area (Å²) < 4.78 is 6.35. The average molecular weight is 547 g/mol. The molecule has 1 fully saturated rings. The number of hydrogen-bond acceptors (Lipinski definition) is 6. The summed E-state index contributed by atoms with van der Waals surface area (Å²) in [5, 5.41) is 12.6. The molecule has 5 rings (SSSR count). The lowest BCUT2D eigenvalue weighted by Gasteiger charge is -2.24. The molecule has 0 spiro atoms. The number of methoxy groups -OCH3 is 1. The van der Waals surface area contributed by atoms with Crippen molar-refractivity contribution in [1.29, 1.82) is 0 Å². The average Bonchev–Trinajstić information content (AvgIpc) is 3.40. The molecule has 38 heavy (non-hydrogen) atoms. The summed E-state index contributed by atoms with van der Waals surface area (Å²) in [6.45, 7) is 7.85. The molecule has 0 radical (unpaired) electrons. The van der Waals surface area contributed by atoms with Crippen LogP contribution in [0.5, 0.6) is 5.75 Å². The highest BCUT2D eigenvalue weighted by Crippen LogP contribution is 2.45. The molecule has 3 aromatic carbocycles. The third-order valence-corrected chi connectivity index (χ3v) is 8.05. The number of aryl methyl sites for hydroxylation is 2. The molecule has 194 valence electrons. The van der Waals surface area contributed by atoms with E-state index in [2.05, 4.69) is 4.98 Å². The first-order valence-corrected chi connectivity index (χ1v) is 13.4. The first kappa shape index (κ1) is 25.9. The Morgan fingerprint density at radius 2 is 1.87 bits per heavy atom. The lowest BCUT2D eigenvalue weighted by atomic mass is 9.90. The lowest BCUT2D eigenvalue weighted by molar-refractivity contribution is -0.132. The van der Waals surface area contributed by atoms with Gasteiger partial charge in [-0.25, -0.2) is 4.98 Å². The van der Waals surface area contributed by atoms with Gasteiger partial charge in [-0.2, -0.15) is 0 Å². The summed E-state index contributed by atoms with van der Waals surface area (Å²) in [5.41, 5.74) is 4.48. The number of thiazole rings is 1. The van der Waals surface area contributed by atoms with Crippen molar-refractivity contribution < 1.29 is 19.4 Å². The molecule has 4 aromatic rings. The van der Waals surface area contributed by atoms with Gasteiger partial charge in [-0.15, -0.1) is 0 Å². The van der Waals surface area contributed by atoms with E-state index in [9.17, 15) is 14.7 Å². The first-order chi connectivity index (χ1) is 18.1. The van der Waals surface area contributed by atoms with Crippen LogP contribution in [0.4, 0.5) is 5.13 Å². The number of halogens is 1. The number of benzene rings is 3. The quantitative estimate of drug-likeness (QED) is 0.161. The van der Waals surface area contributed by atoms with Crippen LogP contribution in [0.2, 0.25) is 5.02 Å². The number of fused-ring (bicyclic) bond motifs is 1. The molecule has 0 bridgehead atoms. The highest BCUT2D eigenvalue weighted by Gasteiger charge is 2.48. The molecule has 6 nitrogen and oxygen atoms in total. The maximum Gasteiger partial charge on any atom is 0.301 e. The molecule has 1 atom stereocenters. The smallest absolute Gasteiger partial charge is 0.301 e. The van der Waals surface area contributed by atoms with Crippen molar-refractivity contribution in [2.45, 2.75) is 39.7 Å². The van der Waals surface area contributed by atoms with Gasteiger partial charge in [0.05, 0.1) is 28.9 Å². The van der Waals surface area contributed by atoms with Crippen LogP contribution in [0.25, 0.3) is 16.0 Å². The van der Waals surface area contributed by atoms with E-state index in [-0.39, 0.29) is 17.3 Å². The molecule has 8 heteroatoms. The van der Waals surface area contributed by atoms with E-state index < -0.39 is 17.7 Å². The number of anilines is 1. The van der Waals surface area contributed by atoms with Crippen LogP contribution in [0.1, 0.15) is 53.6 Å². The molecule has 1 aliphatic rings. The third kappa shape index (κ3) is 4.36. The van der Waals surface area contributed by atoms with Crippen molar-refractivity contribution in [3.8, 4) is 5.75 Å². The third-order valence-electron chi connectivity index (χ3n) is 6.80. The van der Waals surface area contributed by atoms with E-state index in [1.807, 2.05) is 64.1 Å². The summed E-state index contributed by atoms with van der Waals surface area (Å²) in [7, 11) is 1.61. The number of carbonyl (C=O) groups excluding carboxylic acids is 2. The molecule has 0 saturated carbocycles. The fourth-order valence-electron chi connectivity index (χ4n) is 4.90. The number of hydrogen-bond donors (Lipinski definition) is 1. The number of aliphatic hydroxyl groups excluding tert-OH is 1. The van der Waals surface area contributed by atoms with Crippen LogP contribution in [0.15, 0.2) is 60.2 Å². The van der Waals surface area contributed by atoms with Gasteiger partial charge >= 0.3 is 5.91 Å². The number of Topliss-reactive ketones (excluding diaryl/α,β-unsaturated/α-hetero) is 1. The van der Waals surface area contributed by atoms with Gasteiger partial charge in [0.1, 0.15) is 11.5 Å². The van der Waals surface area contributed by atoms with E-state index in [0.29, 0.717) is 32.5 Å². The van der Waals surface area contributed by atoms with Gasteiger partial charge in [-0.3, -0.25) is 14.5 Å².